The van der Waals surface area contributed by atoms with Crippen molar-refractivity contribution in [1.29, 1.82) is 0 Å². The Morgan fingerprint density at radius 3 is 2.77 bits per heavy atom. The maximum Gasteiger partial charge on any atom is 0.279 e. The molecule has 2 heterocycles. The summed E-state index contributed by atoms with van der Waals surface area (Å²) in [4.78, 5) is 4.60. The summed E-state index contributed by atoms with van der Waals surface area (Å²) in [5.41, 5.74) is 1.11. The summed E-state index contributed by atoms with van der Waals surface area (Å²) in [6.45, 7) is 10.2. The summed E-state index contributed by atoms with van der Waals surface area (Å²) in [5.74, 6) is 0.443. The van der Waals surface area contributed by atoms with Gasteiger partial charge in [-0.25, -0.2) is 9.71 Å². The van der Waals surface area contributed by atoms with E-state index >= 15 is 0 Å². The molecule has 7 heteroatoms. The first-order valence-corrected chi connectivity index (χ1v) is 10.2. The van der Waals surface area contributed by atoms with E-state index in [0.717, 1.165) is 23.5 Å². The summed E-state index contributed by atoms with van der Waals surface area (Å²) in [6, 6.07) is 0. The fourth-order valence-electron chi connectivity index (χ4n) is 2.51. The first-order valence-electron chi connectivity index (χ1n) is 7.88. The Kier molecular flexibility index (Phi) is 5.63. The molecule has 5 nitrogen and oxygen atoms in total. The lowest BCUT2D eigenvalue weighted by atomic mass is 9.93. The average Bonchev–Trinajstić information content (AvgIpc) is 2.87. The van der Waals surface area contributed by atoms with E-state index in [9.17, 15) is 8.42 Å². The van der Waals surface area contributed by atoms with Crippen LogP contribution < -0.4 is 4.72 Å². The van der Waals surface area contributed by atoms with Crippen molar-refractivity contribution in [1.82, 2.24) is 14.0 Å². The van der Waals surface area contributed by atoms with Gasteiger partial charge in [-0.2, -0.15) is 12.7 Å². The van der Waals surface area contributed by atoms with Gasteiger partial charge in [0.1, 0.15) is 0 Å². The Balaban J connectivity index is 1.86. The molecule has 1 fully saturated rings. The van der Waals surface area contributed by atoms with Gasteiger partial charge >= 0.3 is 0 Å². The average molecular weight is 346 g/mol. The molecule has 1 N–H and O–H groups in total. The van der Waals surface area contributed by atoms with E-state index in [1.54, 1.807) is 15.6 Å². The lowest BCUT2D eigenvalue weighted by Crippen LogP contribution is -2.46. The zero-order valence-electron chi connectivity index (χ0n) is 13.9. The molecule has 1 aliphatic rings. The normalized spacial score (nSPS) is 21.2. The molecule has 0 unspecified atom stereocenters. The van der Waals surface area contributed by atoms with Crippen molar-refractivity contribution in [3.05, 3.63) is 16.1 Å². The van der Waals surface area contributed by atoms with Gasteiger partial charge in [0, 0.05) is 36.9 Å². The van der Waals surface area contributed by atoms with Crippen molar-refractivity contribution in [2.75, 3.05) is 19.6 Å². The van der Waals surface area contributed by atoms with Crippen LogP contribution in [0.2, 0.25) is 0 Å². The fraction of sp³-hybridized carbons (Fsp3) is 0.800. The molecule has 0 aromatic carbocycles. The van der Waals surface area contributed by atoms with Crippen LogP contribution in [0, 0.1) is 5.92 Å². The van der Waals surface area contributed by atoms with Gasteiger partial charge in [0.15, 0.2) is 0 Å². The summed E-state index contributed by atoms with van der Waals surface area (Å²) in [6.07, 6.45) is 2.70. The SMILES string of the molecule is C[C@H]1CCCN(S(=O)(=O)NCCc2nc(C(C)(C)C)cs2)C1. The van der Waals surface area contributed by atoms with E-state index < -0.39 is 10.2 Å². The van der Waals surface area contributed by atoms with Crippen LogP contribution >= 0.6 is 11.3 Å². The molecule has 0 radical (unpaired) electrons. The standard InChI is InChI=1S/C15H27N3O2S2/c1-12-6-5-9-18(10-12)22(19,20)16-8-7-14-17-13(11-21-14)15(2,3)4/h11-12,16H,5-10H2,1-4H3/t12-/m0/s1. The molecular formula is C15H27N3O2S2. The lowest BCUT2D eigenvalue weighted by Gasteiger charge is -2.29. The molecule has 2 rings (SSSR count). The molecule has 1 atom stereocenters. The number of hydrogen-bond donors (Lipinski definition) is 1. The van der Waals surface area contributed by atoms with E-state index in [0.29, 0.717) is 32.0 Å². The van der Waals surface area contributed by atoms with Gasteiger partial charge in [0.2, 0.25) is 0 Å². The highest BCUT2D eigenvalue weighted by molar-refractivity contribution is 7.87. The van der Waals surface area contributed by atoms with Gasteiger partial charge in [0.05, 0.1) is 10.7 Å². The number of hydrogen-bond acceptors (Lipinski definition) is 4. The Hall–Kier alpha value is -0.500. The molecular weight excluding hydrogens is 318 g/mol. The first-order chi connectivity index (χ1) is 10.2. The zero-order chi connectivity index (χ0) is 16.4. The summed E-state index contributed by atoms with van der Waals surface area (Å²) < 4.78 is 28.9. The van der Waals surface area contributed by atoms with Crippen molar-refractivity contribution < 1.29 is 8.42 Å². The second-order valence-corrected chi connectivity index (χ2v) is 9.83. The highest BCUT2D eigenvalue weighted by Crippen LogP contribution is 2.24. The Bertz CT molecular complexity index is 590. The van der Waals surface area contributed by atoms with E-state index in [-0.39, 0.29) is 5.41 Å². The van der Waals surface area contributed by atoms with Crippen LogP contribution in [0.3, 0.4) is 0 Å². The summed E-state index contributed by atoms with van der Waals surface area (Å²) >= 11 is 1.60. The van der Waals surface area contributed by atoms with Gasteiger partial charge in [0.25, 0.3) is 10.2 Å². The highest BCUT2D eigenvalue weighted by atomic mass is 32.2. The predicted molar refractivity (Wildman–Crippen MR) is 91.4 cm³/mol. The molecule has 0 spiro atoms. The predicted octanol–water partition coefficient (Wildman–Crippen LogP) is 2.55. The van der Waals surface area contributed by atoms with Crippen LogP contribution in [0.15, 0.2) is 5.38 Å². The first kappa shape index (κ1) is 17.8. The molecule has 22 heavy (non-hydrogen) atoms. The highest BCUT2D eigenvalue weighted by Gasteiger charge is 2.26. The minimum Gasteiger partial charge on any atom is -0.246 e. The number of aromatic nitrogens is 1. The van der Waals surface area contributed by atoms with Crippen LogP contribution in [0.1, 0.15) is 51.2 Å². The van der Waals surface area contributed by atoms with Crippen molar-refractivity contribution in [2.45, 2.75) is 52.4 Å². The smallest absolute Gasteiger partial charge is 0.246 e. The number of nitrogens with zero attached hydrogens (tertiary/aromatic N) is 2. The third-order valence-electron chi connectivity index (χ3n) is 3.90. The van der Waals surface area contributed by atoms with Crippen LogP contribution in [-0.4, -0.2) is 37.3 Å². The van der Waals surface area contributed by atoms with Crippen molar-refractivity contribution in [3.63, 3.8) is 0 Å². The molecule has 1 saturated heterocycles. The van der Waals surface area contributed by atoms with Gasteiger partial charge in [-0.3, -0.25) is 0 Å². The van der Waals surface area contributed by atoms with Crippen LogP contribution in [-0.2, 0) is 22.0 Å². The summed E-state index contributed by atoms with van der Waals surface area (Å²) in [5, 5.41) is 3.05. The maximum absolute atomic E-state index is 12.3. The largest absolute Gasteiger partial charge is 0.279 e. The Morgan fingerprint density at radius 2 is 2.18 bits per heavy atom. The maximum atomic E-state index is 12.3. The molecule has 126 valence electrons. The number of piperidine rings is 1. The molecule has 1 aromatic heterocycles. The Morgan fingerprint density at radius 1 is 1.45 bits per heavy atom. The second kappa shape index (κ2) is 6.95. The van der Waals surface area contributed by atoms with E-state index in [1.165, 1.54) is 0 Å². The van der Waals surface area contributed by atoms with Gasteiger partial charge in [-0.05, 0) is 18.8 Å². The third-order valence-corrected chi connectivity index (χ3v) is 6.39. The van der Waals surface area contributed by atoms with Gasteiger partial charge in [-0.1, -0.05) is 27.7 Å². The third kappa shape index (κ3) is 4.75. The van der Waals surface area contributed by atoms with E-state index in [1.807, 2.05) is 0 Å². The quantitative estimate of drug-likeness (QED) is 0.892. The minimum absolute atomic E-state index is 0.0399. The van der Waals surface area contributed by atoms with Gasteiger partial charge in [-0.15, -0.1) is 11.3 Å². The minimum atomic E-state index is -3.35. The van der Waals surface area contributed by atoms with Crippen molar-refractivity contribution in [2.24, 2.45) is 5.92 Å². The van der Waals surface area contributed by atoms with E-state index in [2.05, 4.69) is 42.8 Å². The molecule has 0 bridgehead atoms. The van der Waals surface area contributed by atoms with E-state index in [4.69, 9.17) is 0 Å². The Labute approximate surface area is 138 Å². The summed E-state index contributed by atoms with van der Waals surface area (Å²) in [7, 11) is -3.35. The number of nitrogens with one attached hydrogen (secondary N) is 1. The molecule has 0 amide bonds. The van der Waals surface area contributed by atoms with Crippen molar-refractivity contribution >= 4 is 21.5 Å². The monoisotopic (exact) mass is 345 g/mol. The number of rotatable bonds is 5. The zero-order valence-corrected chi connectivity index (χ0v) is 15.6. The number of thiazole rings is 1. The van der Waals surface area contributed by atoms with Gasteiger partial charge < -0.3 is 0 Å². The molecule has 0 saturated carbocycles. The molecule has 1 aromatic rings. The van der Waals surface area contributed by atoms with Crippen LogP contribution in [0.4, 0.5) is 0 Å². The van der Waals surface area contributed by atoms with Crippen LogP contribution in [0.5, 0.6) is 0 Å². The second-order valence-electron chi connectivity index (χ2n) is 7.13. The topological polar surface area (TPSA) is 62.3 Å². The van der Waals surface area contributed by atoms with Crippen molar-refractivity contribution in [3.8, 4) is 0 Å². The fourth-order valence-corrected chi connectivity index (χ4v) is 4.90. The lowest BCUT2D eigenvalue weighted by molar-refractivity contribution is 0.278. The van der Waals surface area contributed by atoms with Crippen LogP contribution in [0.25, 0.3) is 0 Å². The molecule has 1 aliphatic heterocycles. The molecule has 0 aliphatic carbocycles.